The van der Waals surface area contributed by atoms with Crippen LogP contribution in [0.1, 0.15) is 0 Å². The highest BCUT2D eigenvalue weighted by atomic mass is 16.7. The van der Waals surface area contributed by atoms with Crippen molar-refractivity contribution in [2.75, 3.05) is 12.8 Å². The molecule has 1 aromatic heterocycles. The van der Waals surface area contributed by atoms with Gasteiger partial charge in [0.25, 0.3) is 0 Å². The first kappa shape index (κ1) is 8.17. The van der Waals surface area contributed by atoms with Crippen LogP contribution in [0.2, 0.25) is 0 Å². The first-order chi connectivity index (χ1) is 5.61. The van der Waals surface area contributed by atoms with Crippen molar-refractivity contribution in [3.05, 3.63) is 10.1 Å². The molecule has 0 saturated heterocycles. The number of hydrogen-bond donors (Lipinski definition) is 1. The highest BCUT2D eigenvalue weighted by Gasteiger charge is 2.10. The molecule has 12 heavy (non-hydrogen) atoms. The van der Waals surface area contributed by atoms with Gasteiger partial charge in [-0.1, -0.05) is 5.10 Å². The summed E-state index contributed by atoms with van der Waals surface area (Å²) in [7, 11) is 1.29. The van der Waals surface area contributed by atoms with Crippen LogP contribution in [0.4, 0.5) is 5.95 Å². The van der Waals surface area contributed by atoms with Gasteiger partial charge < -0.3 is 5.73 Å². The third-order valence-electron chi connectivity index (χ3n) is 1.18. The number of hydrazine groups is 1. The lowest BCUT2D eigenvalue weighted by Gasteiger charge is -2.06. The Labute approximate surface area is 66.9 Å². The molecule has 0 radical (unpaired) electrons. The topological polar surface area (TPSA) is 116 Å². The van der Waals surface area contributed by atoms with E-state index < -0.39 is 5.03 Å². The van der Waals surface area contributed by atoms with E-state index in [-0.39, 0.29) is 12.6 Å². The van der Waals surface area contributed by atoms with Gasteiger partial charge in [-0.05, 0) is 10.4 Å². The van der Waals surface area contributed by atoms with Crippen molar-refractivity contribution in [3.8, 4) is 0 Å². The molecule has 1 rings (SSSR count). The van der Waals surface area contributed by atoms with Gasteiger partial charge in [0.05, 0.1) is 7.05 Å². The fraction of sp³-hybridized carbons (Fsp3) is 0.667. The lowest BCUT2D eigenvalue weighted by Crippen LogP contribution is -2.29. The van der Waals surface area contributed by atoms with Gasteiger partial charge >= 0.3 is 0 Å². The van der Waals surface area contributed by atoms with Crippen LogP contribution in [0.15, 0.2) is 0 Å². The number of tetrazole rings is 1. The quantitative estimate of drug-likeness (QED) is 0.429. The summed E-state index contributed by atoms with van der Waals surface area (Å²) in [4.78, 5) is 10.1. The molecule has 1 aromatic rings. The number of nitrogens with two attached hydrogens (primary N) is 1. The molecule has 0 amide bonds. The smallest absolute Gasteiger partial charge is 0.242 e. The van der Waals surface area contributed by atoms with E-state index in [1.807, 2.05) is 0 Å². The molecule has 0 bridgehead atoms. The van der Waals surface area contributed by atoms with Gasteiger partial charge in [-0.25, -0.2) is 10.1 Å². The number of nitrogens with zero attached hydrogens (tertiary/aromatic N) is 6. The van der Waals surface area contributed by atoms with Crippen molar-refractivity contribution in [1.29, 1.82) is 0 Å². The summed E-state index contributed by atoms with van der Waals surface area (Å²) in [6.45, 7) is -0.0775. The number of nitro groups is 1. The molecular formula is C3H7N7O2. The number of rotatable bonds is 3. The van der Waals surface area contributed by atoms with Crippen molar-refractivity contribution >= 4 is 5.95 Å². The monoisotopic (exact) mass is 173 g/mol. The standard InChI is InChI=1S/C3H7N7O2/c1-8(10(11)12)2-9-3(4)5-6-7-9/h2H2,1H3,(H2,4,5,7). The largest absolute Gasteiger partial charge is 0.367 e. The van der Waals surface area contributed by atoms with Gasteiger partial charge in [-0.3, -0.25) is 0 Å². The maximum atomic E-state index is 10.1. The molecule has 0 aliphatic rings. The van der Waals surface area contributed by atoms with Crippen LogP contribution < -0.4 is 5.73 Å². The molecule has 0 saturated carbocycles. The minimum Gasteiger partial charge on any atom is -0.367 e. The first-order valence-corrected chi connectivity index (χ1v) is 2.98. The van der Waals surface area contributed by atoms with Gasteiger partial charge in [0, 0.05) is 0 Å². The average Bonchev–Trinajstić information content (AvgIpc) is 2.36. The predicted octanol–water partition coefficient (Wildman–Crippen LogP) is -1.66. The summed E-state index contributed by atoms with van der Waals surface area (Å²) in [5.41, 5.74) is 5.27. The molecule has 66 valence electrons. The minimum absolute atomic E-state index is 0.0451. The maximum absolute atomic E-state index is 10.1. The normalized spacial score (nSPS) is 9.75. The Bertz CT molecular complexity index is 282. The van der Waals surface area contributed by atoms with Crippen LogP contribution in [0.5, 0.6) is 0 Å². The number of aromatic nitrogens is 4. The molecular weight excluding hydrogens is 166 g/mol. The molecule has 0 aliphatic carbocycles. The minimum atomic E-state index is -0.582. The second-order valence-electron chi connectivity index (χ2n) is 2.07. The van der Waals surface area contributed by atoms with Crippen molar-refractivity contribution < 1.29 is 5.03 Å². The summed E-state index contributed by atoms with van der Waals surface area (Å²) in [5, 5.41) is 20.4. The van der Waals surface area contributed by atoms with Crippen LogP contribution in [0, 0.1) is 10.1 Å². The molecule has 0 aliphatic heterocycles. The maximum Gasteiger partial charge on any atom is 0.242 e. The molecule has 1 heterocycles. The highest BCUT2D eigenvalue weighted by molar-refractivity contribution is 5.09. The Morgan fingerprint density at radius 3 is 2.92 bits per heavy atom. The van der Waals surface area contributed by atoms with Crippen molar-refractivity contribution in [1.82, 2.24) is 25.2 Å². The predicted molar refractivity (Wildman–Crippen MR) is 37.0 cm³/mol. The Morgan fingerprint density at radius 2 is 2.50 bits per heavy atom. The van der Waals surface area contributed by atoms with Gasteiger partial charge in [-0.2, -0.15) is 4.68 Å². The average molecular weight is 173 g/mol. The third-order valence-corrected chi connectivity index (χ3v) is 1.18. The Hall–Kier alpha value is -1.93. The molecule has 0 aromatic carbocycles. The lowest BCUT2D eigenvalue weighted by atomic mass is 10.9. The van der Waals surface area contributed by atoms with E-state index in [2.05, 4.69) is 15.5 Å². The summed E-state index contributed by atoms with van der Waals surface area (Å²) >= 11 is 0. The van der Waals surface area contributed by atoms with E-state index in [0.29, 0.717) is 0 Å². The summed E-state index contributed by atoms with van der Waals surface area (Å²) in [6.07, 6.45) is 0. The van der Waals surface area contributed by atoms with E-state index in [4.69, 9.17) is 5.73 Å². The van der Waals surface area contributed by atoms with Crippen molar-refractivity contribution in [3.63, 3.8) is 0 Å². The van der Waals surface area contributed by atoms with E-state index in [0.717, 1.165) is 9.69 Å². The summed E-state index contributed by atoms with van der Waals surface area (Å²) in [6, 6.07) is 0. The van der Waals surface area contributed by atoms with Gasteiger partial charge in [0.15, 0.2) is 11.7 Å². The van der Waals surface area contributed by atoms with Gasteiger partial charge in [0.2, 0.25) is 5.95 Å². The van der Waals surface area contributed by atoms with Crippen LogP contribution in [0.25, 0.3) is 0 Å². The van der Waals surface area contributed by atoms with Gasteiger partial charge in [0.1, 0.15) is 0 Å². The van der Waals surface area contributed by atoms with Crippen molar-refractivity contribution in [2.24, 2.45) is 0 Å². The zero-order valence-corrected chi connectivity index (χ0v) is 6.28. The molecule has 2 N–H and O–H groups in total. The third kappa shape index (κ3) is 1.56. The number of hydrogen-bond acceptors (Lipinski definition) is 6. The molecule has 9 heteroatoms. The fourth-order valence-corrected chi connectivity index (χ4v) is 0.558. The Kier molecular flexibility index (Phi) is 2.03. The molecule has 9 nitrogen and oxygen atoms in total. The zero-order chi connectivity index (χ0) is 9.14. The van der Waals surface area contributed by atoms with Crippen LogP contribution in [-0.4, -0.2) is 37.3 Å². The Balaban J connectivity index is 2.64. The molecule has 0 fully saturated rings. The van der Waals surface area contributed by atoms with E-state index in [1.165, 1.54) is 7.05 Å². The van der Waals surface area contributed by atoms with Gasteiger partial charge in [-0.15, -0.1) is 5.01 Å². The second kappa shape index (κ2) is 2.98. The van der Waals surface area contributed by atoms with E-state index in [9.17, 15) is 10.1 Å². The zero-order valence-electron chi connectivity index (χ0n) is 6.28. The summed E-state index contributed by atoms with van der Waals surface area (Å²) in [5.74, 6) is 0.0451. The molecule has 0 atom stereocenters. The van der Waals surface area contributed by atoms with Crippen LogP contribution in [0.3, 0.4) is 0 Å². The highest BCUT2D eigenvalue weighted by Crippen LogP contribution is 1.93. The van der Waals surface area contributed by atoms with E-state index >= 15 is 0 Å². The number of anilines is 1. The molecule has 0 spiro atoms. The second-order valence-corrected chi connectivity index (χ2v) is 2.07. The van der Waals surface area contributed by atoms with Crippen molar-refractivity contribution in [2.45, 2.75) is 6.67 Å². The SMILES string of the molecule is CN(Cn1nnnc1N)[N+](=O)[O-]. The van der Waals surface area contributed by atoms with Crippen LogP contribution in [-0.2, 0) is 6.67 Å². The molecule has 0 unspecified atom stereocenters. The first-order valence-electron chi connectivity index (χ1n) is 2.98. The number of nitrogen functional groups attached to an aromatic ring is 1. The fourth-order valence-electron chi connectivity index (χ4n) is 0.558. The Morgan fingerprint density at radius 1 is 1.83 bits per heavy atom. The lowest BCUT2D eigenvalue weighted by molar-refractivity contribution is -0.656. The van der Waals surface area contributed by atoms with E-state index in [1.54, 1.807) is 0 Å². The summed E-state index contributed by atoms with van der Waals surface area (Å²) < 4.78 is 1.11. The van der Waals surface area contributed by atoms with Crippen LogP contribution >= 0.6 is 0 Å².